The van der Waals surface area contributed by atoms with Crippen LogP contribution in [0.2, 0.25) is 18.1 Å². The van der Waals surface area contributed by atoms with Crippen LogP contribution in [0.15, 0.2) is 34.0 Å². The number of fused-ring (bicyclic) bond motifs is 1. The molecule has 8 heteroatoms. The van der Waals surface area contributed by atoms with Gasteiger partial charge in [-0.1, -0.05) is 64.6 Å². The Morgan fingerprint density at radius 1 is 1.22 bits per heavy atom. The SMILES string of the molecule is C=CC[C@@]1(C)[C@@H]2CCC(=C)[C@@H](C(OC(=S)SC)c3c(OC)oc(C)c(C)c3=O)[C@@]2(C)CC[C@H]1O[Si](CC)(CC)CC. The van der Waals surface area contributed by atoms with Crippen LogP contribution in [0.1, 0.15) is 89.7 Å². The molecule has 0 bridgehead atoms. The first kappa shape index (κ1) is 34.1. The molecule has 6 atom stereocenters. The van der Waals surface area contributed by atoms with E-state index in [-0.39, 0.29) is 34.2 Å². The second kappa shape index (κ2) is 13.5. The van der Waals surface area contributed by atoms with Crippen LogP contribution < -0.4 is 10.2 Å². The number of methoxy groups -OCH3 is 1. The predicted octanol–water partition coefficient (Wildman–Crippen LogP) is 9.33. The van der Waals surface area contributed by atoms with E-state index in [4.69, 9.17) is 30.5 Å². The van der Waals surface area contributed by atoms with Gasteiger partial charge in [-0.2, -0.15) is 0 Å². The Morgan fingerprint density at radius 2 is 1.85 bits per heavy atom. The molecule has 0 saturated heterocycles. The van der Waals surface area contributed by atoms with E-state index < -0.39 is 14.4 Å². The number of hydrogen-bond acceptors (Lipinski definition) is 7. The van der Waals surface area contributed by atoms with Crippen molar-refractivity contribution in [1.82, 2.24) is 0 Å². The summed E-state index contributed by atoms with van der Waals surface area (Å²) in [6.07, 6.45) is 8.13. The zero-order chi connectivity index (χ0) is 30.8. The van der Waals surface area contributed by atoms with Crippen LogP contribution in [-0.4, -0.2) is 32.2 Å². The number of thioether (sulfide) groups is 1. The van der Waals surface area contributed by atoms with Crippen LogP contribution in [0, 0.1) is 36.5 Å². The van der Waals surface area contributed by atoms with E-state index in [9.17, 15) is 4.79 Å². The zero-order valence-electron chi connectivity index (χ0n) is 26.8. The van der Waals surface area contributed by atoms with Gasteiger partial charge in [0.2, 0.25) is 4.38 Å². The van der Waals surface area contributed by atoms with Crippen molar-refractivity contribution in [2.75, 3.05) is 13.4 Å². The molecule has 1 aromatic heterocycles. The van der Waals surface area contributed by atoms with Gasteiger partial charge in [0.15, 0.2) is 13.7 Å². The summed E-state index contributed by atoms with van der Waals surface area (Å²) in [7, 11) is -0.296. The van der Waals surface area contributed by atoms with Crippen molar-refractivity contribution in [2.45, 2.75) is 111 Å². The number of rotatable bonds is 11. The molecule has 5 nitrogen and oxygen atoms in total. The summed E-state index contributed by atoms with van der Waals surface area (Å²) in [4.78, 5) is 13.9. The van der Waals surface area contributed by atoms with E-state index in [1.54, 1.807) is 13.8 Å². The standard InChI is InChI=1S/C33H52O5S2Si/c1-12-19-32(8)24-17-16-21(5)27(33(24,9)20-18-25(32)38-41(13-2,14-3)15-4)29(37-31(39)40-11)26-28(34)22(6)23(7)36-30(26)35-10/h12,24-25,27,29H,1,5,13-20H2,2-4,6-11H3/t24-,25+,27-,29?,32-,33-/m0/s1. The van der Waals surface area contributed by atoms with Gasteiger partial charge in [-0.15, -0.1) is 6.58 Å². The first-order valence-corrected chi connectivity index (χ1v) is 19.4. The molecular weight excluding hydrogens is 569 g/mol. The molecule has 2 fully saturated rings. The molecule has 230 valence electrons. The van der Waals surface area contributed by atoms with E-state index in [1.165, 1.54) is 18.9 Å². The van der Waals surface area contributed by atoms with Crippen molar-refractivity contribution in [2.24, 2.45) is 22.7 Å². The fourth-order valence-corrected chi connectivity index (χ4v) is 11.4. The second-order valence-corrected chi connectivity index (χ2v) is 18.8. The van der Waals surface area contributed by atoms with Crippen LogP contribution in [0.4, 0.5) is 0 Å². The lowest BCUT2D eigenvalue weighted by molar-refractivity contribution is -0.142. The Labute approximate surface area is 259 Å². The summed E-state index contributed by atoms with van der Waals surface area (Å²) < 4.78 is 26.0. The zero-order valence-corrected chi connectivity index (χ0v) is 29.4. The summed E-state index contributed by atoms with van der Waals surface area (Å²) in [5.74, 6) is 0.903. The molecule has 1 heterocycles. The van der Waals surface area contributed by atoms with Crippen LogP contribution in [0.3, 0.4) is 0 Å². The van der Waals surface area contributed by atoms with Crippen LogP contribution in [-0.2, 0) is 9.16 Å². The van der Waals surface area contributed by atoms with Gasteiger partial charge in [-0.05, 0) is 99.3 Å². The molecular formula is C33H52O5S2Si. The molecule has 3 rings (SSSR count). The molecule has 1 unspecified atom stereocenters. The summed E-state index contributed by atoms with van der Waals surface area (Å²) in [6.45, 7) is 24.1. The van der Waals surface area contributed by atoms with E-state index in [0.29, 0.717) is 27.2 Å². The minimum absolute atomic E-state index is 0.103. The molecule has 0 amide bonds. The highest BCUT2D eigenvalue weighted by atomic mass is 32.2. The number of thiocarbonyl (C=S) groups is 1. The van der Waals surface area contributed by atoms with Gasteiger partial charge in [-0.25, -0.2) is 0 Å². The lowest BCUT2D eigenvalue weighted by Gasteiger charge is -2.62. The first-order chi connectivity index (χ1) is 19.3. The lowest BCUT2D eigenvalue weighted by Crippen LogP contribution is -2.59. The van der Waals surface area contributed by atoms with Crippen molar-refractivity contribution in [3.63, 3.8) is 0 Å². The van der Waals surface area contributed by atoms with Gasteiger partial charge in [0.1, 0.15) is 17.4 Å². The average molecular weight is 621 g/mol. The molecule has 1 aromatic rings. The van der Waals surface area contributed by atoms with Crippen LogP contribution in [0.25, 0.3) is 0 Å². The fourth-order valence-electron chi connectivity index (χ4n) is 8.11. The molecule has 0 spiro atoms. The van der Waals surface area contributed by atoms with Crippen LogP contribution in [0.5, 0.6) is 5.95 Å². The third-order valence-electron chi connectivity index (χ3n) is 10.8. The van der Waals surface area contributed by atoms with Gasteiger partial charge < -0.3 is 18.3 Å². The molecule has 2 saturated carbocycles. The van der Waals surface area contributed by atoms with E-state index in [0.717, 1.165) is 55.8 Å². The van der Waals surface area contributed by atoms with Gasteiger partial charge in [0.25, 0.3) is 5.95 Å². The molecule has 0 N–H and O–H groups in total. The minimum atomic E-state index is -1.83. The average Bonchev–Trinajstić information content (AvgIpc) is 2.95. The first-order valence-electron chi connectivity index (χ1n) is 15.2. The maximum atomic E-state index is 13.9. The Kier molecular flexibility index (Phi) is 11.3. The molecule has 2 aliphatic rings. The Hall–Kier alpha value is -1.35. The number of ether oxygens (including phenoxy) is 2. The van der Waals surface area contributed by atoms with Crippen molar-refractivity contribution in [3.05, 3.63) is 51.9 Å². The Bertz CT molecular complexity index is 1180. The maximum Gasteiger partial charge on any atom is 0.295 e. The van der Waals surface area contributed by atoms with Gasteiger partial charge in [0, 0.05) is 11.5 Å². The Morgan fingerprint density at radius 3 is 2.39 bits per heavy atom. The summed E-state index contributed by atoms with van der Waals surface area (Å²) in [5.41, 5.74) is 1.62. The van der Waals surface area contributed by atoms with Crippen molar-refractivity contribution in [3.8, 4) is 5.95 Å². The van der Waals surface area contributed by atoms with E-state index in [1.807, 2.05) is 6.26 Å². The topological polar surface area (TPSA) is 57.9 Å². The number of hydrogen-bond donors (Lipinski definition) is 0. The van der Waals surface area contributed by atoms with Crippen molar-refractivity contribution >= 4 is 36.7 Å². The van der Waals surface area contributed by atoms with Gasteiger partial charge >= 0.3 is 0 Å². The third kappa shape index (κ3) is 6.18. The van der Waals surface area contributed by atoms with E-state index >= 15 is 0 Å². The normalized spacial score (nSPS) is 29.0. The maximum absolute atomic E-state index is 13.9. The smallest absolute Gasteiger partial charge is 0.295 e. The monoisotopic (exact) mass is 620 g/mol. The molecule has 0 aliphatic heterocycles. The highest BCUT2D eigenvalue weighted by molar-refractivity contribution is 8.22. The molecule has 0 aromatic carbocycles. The highest BCUT2D eigenvalue weighted by Crippen LogP contribution is 2.65. The molecule has 0 radical (unpaired) electrons. The minimum Gasteiger partial charge on any atom is -0.469 e. The van der Waals surface area contributed by atoms with Crippen molar-refractivity contribution < 1.29 is 18.3 Å². The summed E-state index contributed by atoms with van der Waals surface area (Å²) in [6, 6.07) is 3.39. The van der Waals surface area contributed by atoms with Gasteiger partial charge in [-0.3, -0.25) is 4.79 Å². The summed E-state index contributed by atoms with van der Waals surface area (Å²) in [5, 5.41) is 0. The summed E-state index contributed by atoms with van der Waals surface area (Å²) >= 11 is 6.99. The molecule has 41 heavy (non-hydrogen) atoms. The number of aryl methyl sites for hydroxylation is 1. The van der Waals surface area contributed by atoms with E-state index in [2.05, 4.69) is 53.9 Å². The highest BCUT2D eigenvalue weighted by Gasteiger charge is 2.61. The Balaban J connectivity index is 2.21. The quantitative estimate of drug-likeness (QED) is 0.139. The third-order valence-corrected chi connectivity index (χ3v) is 16.5. The second-order valence-electron chi connectivity index (χ2n) is 12.6. The van der Waals surface area contributed by atoms with Crippen LogP contribution >= 0.6 is 24.0 Å². The molecule has 2 aliphatic carbocycles. The predicted molar refractivity (Wildman–Crippen MR) is 179 cm³/mol. The lowest BCUT2D eigenvalue weighted by atomic mass is 9.45. The number of allylic oxidation sites excluding steroid dienone is 1. The largest absolute Gasteiger partial charge is 0.469 e. The fraction of sp³-hybridized carbons (Fsp3) is 0.697. The van der Waals surface area contributed by atoms with Crippen molar-refractivity contribution in [1.29, 1.82) is 0 Å². The van der Waals surface area contributed by atoms with Gasteiger partial charge in [0.05, 0.1) is 13.2 Å².